The van der Waals surface area contributed by atoms with E-state index in [2.05, 4.69) is 18.2 Å². The number of nitrogens with one attached hydrogen (secondary N) is 1. The van der Waals surface area contributed by atoms with Crippen molar-refractivity contribution >= 4 is 11.7 Å². The van der Waals surface area contributed by atoms with E-state index in [-0.39, 0.29) is 17.6 Å². The van der Waals surface area contributed by atoms with E-state index in [0.717, 1.165) is 12.0 Å². The van der Waals surface area contributed by atoms with E-state index in [1.807, 2.05) is 42.5 Å². The highest BCUT2D eigenvalue weighted by Gasteiger charge is 2.44. The molecule has 0 saturated heterocycles. The van der Waals surface area contributed by atoms with Crippen molar-refractivity contribution in [2.24, 2.45) is 11.8 Å². The van der Waals surface area contributed by atoms with Gasteiger partial charge >= 0.3 is 0 Å². The van der Waals surface area contributed by atoms with Gasteiger partial charge in [-0.15, -0.1) is 0 Å². The van der Waals surface area contributed by atoms with Crippen LogP contribution in [0.3, 0.4) is 0 Å². The summed E-state index contributed by atoms with van der Waals surface area (Å²) in [6.45, 7) is 0. The molecule has 3 atom stereocenters. The molecular formula is C24H22N2O3. The van der Waals surface area contributed by atoms with Gasteiger partial charge in [-0.1, -0.05) is 42.5 Å². The average molecular weight is 386 g/mol. The summed E-state index contributed by atoms with van der Waals surface area (Å²) in [6, 6.07) is 19.6. The molecule has 5 heteroatoms. The summed E-state index contributed by atoms with van der Waals surface area (Å²) in [5, 5.41) is 18.0. The maximum Gasteiger partial charge on any atom is 0.205 e. The Balaban J connectivity index is 1.69. The minimum absolute atomic E-state index is 0.0146. The lowest BCUT2D eigenvalue weighted by atomic mass is 9.71. The quantitative estimate of drug-likeness (QED) is 0.844. The minimum atomic E-state index is -0.809. The zero-order valence-electron chi connectivity index (χ0n) is 16.2. The molecule has 0 radical (unpaired) electrons. The molecule has 0 aromatic heterocycles. The number of rotatable bonds is 4. The first-order valence-corrected chi connectivity index (χ1v) is 9.70. The van der Waals surface area contributed by atoms with Crippen molar-refractivity contribution in [3.8, 4) is 11.8 Å². The van der Waals surface area contributed by atoms with Crippen LogP contribution in [-0.4, -0.2) is 18.8 Å². The summed E-state index contributed by atoms with van der Waals surface area (Å²) in [5.41, 5.74) is 2.57. The molecule has 1 aliphatic heterocycles. The van der Waals surface area contributed by atoms with Crippen molar-refractivity contribution in [1.82, 2.24) is 0 Å². The topological polar surface area (TPSA) is 83.2 Å². The average Bonchev–Trinajstić information content (AvgIpc) is 2.73. The van der Waals surface area contributed by atoms with Gasteiger partial charge in [0.25, 0.3) is 0 Å². The first-order valence-electron chi connectivity index (χ1n) is 9.70. The van der Waals surface area contributed by atoms with Crippen LogP contribution in [0.5, 0.6) is 5.75 Å². The summed E-state index contributed by atoms with van der Waals surface area (Å²) in [4.78, 5) is 13.2. The van der Waals surface area contributed by atoms with E-state index in [4.69, 9.17) is 14.9 Å². The molecule has 2 aliphatic rings. The molecule has 146 valence electrons. The molecule has 2 aromatic rings. The molecule has 0 fully saturated rings. The van der Waals surface area contributed by atoms with E-state index >= 15 is 0 Å². The fraction of sp³-hybridized carbons (Fsp3) is 0.292. The van der Waals surface area contributed by atoms with E-state index in [1.165, 1.54) is 5.56 Å². The Labute approximate surface area is 170 Å². The molecule has 4 rings (SSSR count). The first kappa shape index (κ1) is 18.9. The predicted octanol–water partition coefficient (Wildman–Crippen LogP) is 4.40. The van der Waals surface area contributed by atoms with Gasteiger partial charge in [0.2, 0.25) is 5.90 Å². The number of methoxy groups -OCH3 is 1. The number of benzene rings is 2. The van der Waals surface area contributed by atoms with Gasteiger partial charge in [-0.05, 0) is 35.6 Å². The van der Waals surface area contributed by atoms with Crippen LogP contribution in [0, 0.1) is 28.6 Å². The Morgan fingerprint density at radius 3 is 2.52 bits per heavy atom. The lowest BCUT2D eigenvalue weighted by Gasteiger charge is -2.36. The molecule has 0 spiro atoms. The Hall–Kier alpha value is -3.39. The van der Waals surface area contributed by atoms with Crippen LogP contribution < -0.4 is 4.74 Å². The van der Waals surface area contributed by atoms with Crippen molar-refractivity contribution in [2.45, 2.75) is 25.2 Å². The Bertz CT molecular complexity index is 1000. The minimum Gasteiger partial charge on any atom is -0.497 e. The van der Waals surface area contributed by atoms with Gasteiger partial charge in [0.1, 0.15) is 17.4 Å². The molecule has 0 bridgehead atoms. The van der Waals surface area contributed by atoms with E-state index in [1.54, 1.807) is 7.11 Å². The molecule has 1 N–H and O–H groups in total. The fourth-order valence-electron chi connectivity index (χ4n) is 4.33. The number of ether oxygens (including phenoxy) is 2. The fourth-order valence-corrected chi connectivity index (χ4v) is 4.33. The number of hydrogen-bond donors (Lipinski definition) is 1. The highest BCUT2D eigenvalue weighted by atomic mass is 16.5. The third kappa shape index (κ3) is 3.66. The maximum atomic E-state index is 13.2. The first-order chi connectivity index (χ1) is 14.1. The van der Waals surface area contributed by atoms with Crippen LogP contribution in [0.4, 0.5) is 0 Å². The van der Waals surface area contributed by atoms with Gasteiger partial charge in [-0.25, -0.2) is 0 Å². The normalized spacial score (nSPS) is 23.8. The summed E-state index contributed by atoms with van der Waals surface area (Å²) < 4.78 is 10.9. The number of hydrogen-bond acceptors (Lipinski definition) is 5. The van der Waals surface area contributed by atoms with Crippen LogP contribution in [0.15, 0.2) is 65.9 Å². The maximum absolute atomic E-state index is 13.2. The number of nitrogens with zero attached hydrogens (tertiary/aromatic N) is 1. The molecule has 29 heavy (non-hydrogen) atoms. The lowest BCUT2D eigenvalue weighted by Crippen LogP contribution is -2.36. The van der Waals surface area contributed by atoms with Gasteiger partial charge in [-0.2, -0.15) is 5.26 Å². The van der Waals surface area contributed by atoms with Crippen molar-refractivity contribution in [1.29, 1.82) is 10.7 Å². The standard InChI is InChI=1S/C24H22N2O3/c1-28-18-9-7-17(8-10-18)22-19(14-25)24(26)29-21-13-16(12-20(27)23(21)22)11-15-5-3-2-4-6-15/h2-10,16,19,22,26H,11-13H2,1H3. The number of carbonyl (C=O) groups is 1. The van der Waals surface area contributed by atoms with Crippen molar-refractivity contribution in [3.63, 3.8) is 0 Å². The molecule has 3 unspecified atom stereocenters. The number of nitriles is 1. The van der Waals surface area contributed by atoms with Crippen LogP contribution in [0.25, 0.3) is 0 Å². The second-order valence-corrected chi connectivity index (χ2v) is 7.55. The van der Waals surface area contributed by atoms with Crippen LogP contribution >= 0.6 is 0 Å². The molecule has 1 aliphatic carbocycles. The van der Waals surface area contributed by atoms with E-state index in [9.17, 15) is 10.1 Å². The second-order valence-electron chi connectivity index (χ2n) is 7.55. The van der Waals surface area contributed by atoms with Crippen molar-refractivity contribution < 1.29 is 14.3 Å². The molecule has 0 amide bonds. The predicted molar refractivity (Wildman–Crippen MR) is 109 cm³/mol. The zero-order valence-corrected chi connectivity index (χ0v) is 16.2. The summed E-state index contributed by atoms with van der Waals surface area (Å²) >= 11 is 0. The third-order valence-electron chi connectivity index (χ3n) is 5.69. The smallest absolute Gasteiger partial charge is 0.205 e. The highest BCUT2D eigenvalue weighted by molar-refractivity contribution is 6.01. The summed E-state index contributed by atoms with van der Waals surface area (Å²) in [7, 11) is 1.59. The molecular weight excluding hydrogens is 364 g/mol. The number of Topliss-reactive ketones (excluding diaryl/α,β-unsaturated/α-hetero) is 1. The highest BCUT2D eigenvalue weighted by Crippen LogP contribution is 2.45. The molecule has 1 heterocycles. The van der Waals surface area contributed by atoms with Crippen LogP contribution in [0.1, 0.15) is 29.9 Å². The van der Waals surface area contributed by atoms with Crippen molar-refractivity contribution in [2.75, 3.05) is 7.11 Å². The SMILES string of the molecule is COc1ccc(C2C3=C(CC(Cc4ccccc4)CC3=O)OC(=N)C2C#N)cc1. The van der Waals surface area contributed by atoms with Gasteiger partial charge < -0.3 is 9.47 Å². The molecule has 0 saturated carbocycles. The summed E-state index contributed by atoms with van der Waals surface area (Å²) in [6.07, 6.45) is 1.81. The number of ketones is 1. The van der Waals surface area contributed by atoms with Gasteiger partial charge in [-0.3, -0.25) is 10.2 Å². The number of allylic oxidation sites excluding steroid dienone is 2. The third-order valence-corrected chi connectivity index (χ3v) is 5.69. The van der Waals surface area contributed by atoms with Crippen molar-refractivity contribution in [3.05, 3.63) is 77.1 Å². The Kier molecular flexibility index (Phi) is 5.18. The lowest BCUT2D eigenvalue weighted by molar-refractivity contribution is -0.117. The Morgan fingerprint density at radius 2 is 1.86 bits per heavy atom. The molecule has 5 nitrogen and oxygen atoms in total. The Morgan fingerprint density at radius 1 is 1.14 bits per heavy atom. The van der Waals surface area contributed by atoms with Gasteiger partial charge in [0.05, 0.1) is 13.2 Å². The van der Waals surface area contributed by atoms with Crippen LogP contribution in [0.2, 0.25) is 0 Å². The van der Waals surface area contributed by atoms with Gasteiger partial charge in [0, 0.05) is 24.3 Å². The van der Waals surface area contributed by atoms with E-state index < -0.39 is 11.8 Å². The molecule has 2 aromatic carbocycles. The number of carbonyl (C=O) groups excluding carboxylic acids is 1. The van der Waals surface area contributed by atoms with Gasteiger partial charge in [0.15, 0.2) is 5.78 Å². The summed E-state index contributed by atoms with van der Waals surface area (Å²) in [5.74, 6) is 0.0349. The zero-order chi connectivity index (χ0) is 20.4. The van der Waals surface area contributed by atoms with E-state index in [0.29, 0.717) is 29.9 Å². The largest absolute Gasteiger partial charge is 0.497 e. The van der Waals surface area contributed by atoms with Crippen LogP contribution in [-0.2, 0) is 16.0 Å². The monoisotopic (exact) mass is 386 g/mol. The second kappa shape index (κ2) is 7.92.